The number of hydrogen-bond donors (Lipinski definition) is 1. The van der Waals surface area contributed by atoms with E-state index in [0.29, 0.717) is 0 Å². The summed E-state index contributed by atoms with van der Waals surface area (Å²) < 4.78 is 4.59. The van der Waals surface area contributed by atoms with Gasteiger partial charge in [-0.3, -0.25) is 0 Å². The fraction of sp³-hybridized carbons (Fsp3) is 0.444. The van der Waals surface area contributed by atoms with Crippen LogP contribution in [0.3, 0.4) is 0 Å². The van der Waals surface area contributed by atoms with E-state index in [0.717, 1.165) is 5.00 Å². The zero-order valence-corrected chi connectivity index (χ0v) is 8.77. The number of hydrogen-bond acceptors (Lipinski definition) is 4. The fourth-order valence-corrected chi connectivity index (χ4v) is 1.82. The van der Waals surface area contributed by atoms with Crippen LogP contribution < -0.4 is 5.32 Å². The molecular formula is C9H13NO2S. The normalized spacial score (nSPS) is 12.2. The maximum absolute atomic E-state index is 11.0. The van der Waals surface area contributed by atoms with Crippen LogP contribution >= 0.6 is 11.3 Å². The van der Waals surface area contributed by atoms with Gasteiger partial charge in [0.05, 0.1) is 12.1 Å². The van der Waals surface area contributed by atoms with E-state index in [4.69, 9.17) is 0 Å². The van der Waals surface area contributed by atoms with Crippen LogP contribution in [0.4, 0.5) is 5.00 Å². The van der Waals surface area contributed by atoms with Crippen molar-refractivity contribution in [3.05, 3.63) is 17.0 Å². The van der Waals surface area contributed by atoms with E-state index in [1.807, 2.05) is 19.1 Å². The second-order valence-electron chi connectivity index (χ2n) is 2.80. The SMILES string of the molecule is COC(=O)C(C)Nc1ccc(C)s1. The minimum absolute atomic E-state index is 0.244. The summed E-state index contributed by atoms with van der Waals surface area (Å²) in [5.74, 6) is -0.244. The van der Waals surface area contributed by atoms with Gasteiger partial charge >= 0.3 is 5.97 Å². The smallest absolute Gasteiger partial charge is 0.328 e. The van der Waals surface area contributed by atoms with Gasteiger partial charge in [-0.05, 0) is 26.0 Å². The first-order chi connectivity index (χ1) is 6.13. The summed E-state index contributed by atoms with van der Waals surface area (Å²) in [7, 11) is 1.39. The maximum Gasteiger partial charge on any atom is 0.328 e. The third kappa shape index (κ3) is 2.73. The molecule has 0 aliphatic rings. The molecule has 1 rings (SSSR count). The van der Waals surface area contributed by atoms with Crippen molar-refractivity contribution in [2.45, 2.75) is 19.9 Å². The van der Waals surface area contributed by atoms with E-state index >= 15 is 0 Å². The van der Waals surface area contributed by atoms with Crippen LogP contribution in [0.15, 0.2) is 12.1 Å². The molecule has 1 unspecified atom stereocenters. The highest BCUT2D eigenvalue weighted by molar-refractivity contribution is 7.16. The van der Waals surface area contributed by atoms with E-state index in [2.05, 4.69) is 10.1 Å². The molecule has 1 N–H and O–H groups in total. The van der Waals surface area contributed by atoms with Gasteiger partial charge in [0.2, 0.25) is 0 Å². The summed E-state index contributed by atoms with van der Waals surface area (Å²) >= 11 is 1.63. The van der Waals surface area contributed by atoms with Gasteiger partial charge in [0.25, 0.3) is 0 Å². The van der Waals surface area contributed by atoms with Gasteiger partial charge in [-0.2, -0.15) is 0 Å². The van der Waals surface area contributed by atoms with Crippen LogP contribution in [-0.2, 0) is 9.53 Å². The summed E-state index contributed by atoms with van der Waals surface area (Å²) in [5, 5.41) is 4.05. The highest BCUT2D eigenvalue weighted by Gasteiger charge is 2.12. The first-order valence-corrected chi connectivity index (χ1v) is 4.86. The Morgan fingerprint density at radius 2 is 2.31 bits per heavy atom. The molecule has 1 aromatic heterocycles. The third-order valence-corrected chi connectivity index (χ3v) is 2.59. The van der Waals surface area contributed by atoms with Gasteiger partial charge < -0.3 is 10.1 Å². The van der Waals surface area contributed by atoms with Gasteiger partial charge in [0.1, 0.15) is 6.04 Å². The van der Waals surface area contributed by atoms with Crippen LogP contribution in [0, 0.1) is 6.92 Å². The van der Waals surface area contributed by atoms with Crippen molar-refractivity contribution in [3.63, 3.8) is 0 Å². The van der Waals surface area contributed by atoms with Crippen molar-refractivity contribution < 1.29 is 9.53 Å². The van der Waals surface area contributed by atoms with Gasteiger partial charge in [-0.25, -0.2) is 4.79 Å². The zero-order valence-electron chi connectivity index (χ0n) is 7.96. The number of aryl methyl sites for hydroxylation is 1. The molecule has 0 radical (unpaired) electrons. The van der Waals surface area contributed by atoms with E-state index in [9.17, 15) is 4.79 Å². The van der Waals surface area contributed by atoms with E-state index < -0.39 is 0 Å². The Morgan fingerprint density at radius 1 is 1.62 bits per heavy atom. The lowest BCUT2D eigenvalue weighted by atomic mass is 10.3. The Bertz CT molecular complexity index is 296. The number of thiophene rings is 1. The topological polar surface area (TPSA) is 38.3 Å². The molecule has 0 fully saturated rings. The summed E-state index contributed by atoms with van der Waals surface area (Å²) in [6.07, 6.45) is 0. The van der Waals surface area contributed by atoms with Crippen molar-refractivity contribution in [1.29, 1.82) is 0 Å². The molecule has 0 saturated heterocycles. The minimum Gasteiger partial charge on any atom is -0.467 e. The second kappa shape index (κ2) is 4.28. The van der Waals surface area contributed by atoms with Crippen LogP contribution in [0.2, 0.25) is 0 Å². The molecule has 0 aliphatic carbocycles. The number of anilines is 1. The number of carbonyl (C=O) groups is 1. The predicted molar refractivity (Wildman–Crippen MR) is 54.2 cm³/mol. The lowest BCUT2D eigenvalue weighted by Crippen LogP contribution is -2.26. The molecule has 4 heteroatoms. The Balaban J connectivity index is 2.54. The Morgan fingerprint density at radius 3 is 2.77 bits per heavy atom. The number of methoxy groups -OCH3 is 1. The molecule has 1 heterocycles. The average molecular weight is 199 g/mol. The van der Waals surface area contributed by atoms with Crippen molar-refractivity contribution in [2.75, 3.05) is 12.4 Å². The first-order valence-electron chi connectivity index (χ1n) is 4.04. The molecule has 0 saturated carbocycles. The highest BCUT2D eigenvalue weighted by Crippen LogP contribution is 2.21. The predicted octanol–water partition coefficient (Wildman–Crippen LogP) is 2.03. The first kappa shape index (κ1) is 10.1. The molecular weight excluding hydrogens is 186 g/mol. The molecule has 72 valence electrons. The standard InChI is InChI=1S/C9H13NO2S/c1-6-4-5-8(13-6)10-7(2)9(11)12-3/h4-5,7,10H,1-3H3. The Labute approximate surface area is 81.7 Å². The van der Waals surface area contributed by atoms with Crippen LogP contribution in [0.5, 0.6) is 0 Å². The van der Waals surface area contributed by atoms with Gasteiger partial charge in [-0.1, -0.05) is 0 Å². The Kier molecular flexibility index (Phi) is 3.31. The summed E-state index contributed by atoms with van der Waals surface area (Å²) in [6, 6.07) is 3.68. The van der Waals surface area contributed by atoms with Crippen LogP contribution in [-0.4, -0.2) is 19.1 Å². The van der Waals surface area contributed by atoms with E-state index in [1.165, 1.54) is 12.0 Å². The van der Waals surface area contributed by atoms with Crippen molar-refractivity contribution in [3.8, 4) is 0 Å². The number of carbonyl (C=O) groups excluding carboxylic acids is 1. The lowest BCUT2D eigenvalue weighted by molar-refractivity contribution is -0.141. The van der Waals surface area contributed by atoms with E-state index in [1.54, 1.807) is 18.3 Å². The summed E-state index contributed by atoms with van der Waals surface area (Å²) in [6.45, 7) is 3.81. The maximum atomic E-state index is 11.0. The van der Waals surface area contributed by atoms with Crippen LogP contribution in [0.1, 0.15) is 11.8 Å². The van der Waals surface area contributed by atoms with Gasteiger partial charge in [0.15, 0.2) is 0 Å². The molecule has 13 heavy (non-hydrogen) atoms. The Hall–Kier alpha value is -1.03. The molecule has 3 nitrogen and oxygen atoms in total. The third-order valence-electron chi connectivity index (χ3n) is 1.65. The van der Waals surface area contributed by atoms with Gasteiger partial charge in [-0.15, -0.1) is 11.3 Å². The molecule has 0 amide bonds. The monoisotopic (exact) mass is 199 g/mol. The lowest BCUT2D eigenvalue weighted by Gasteiger charge is -2.10. The van der Waals surface area contributed by atoms with Crippen molar-refractivity contribution in [2.24, 2.45) is 0 Å². The number of ether oxygens (including phenoxy) is 1. The van der Waals surface area contributed by atoms with E-state index in [-0.39, 0.29) is 12.0 Å². The quantitative estimate of drug-likeness (QED) is 0.757. The van der Waals surface area contributed by atoms with Crippen molar-refractivity contribution >= 4 is 22.3 Å². The fourth-order valence-electron chi connectivity index (χ4n) is 0.961. The van der Waals surface area contributed by atoms with Gasteiger partial charge in [0, 0.05) is 4.88 Å². The molecule has 0 aliphatic heterocycles. The number of rotatable bonds is 3. The second-order valence-corrected chi connectivity index (χ2v) is 4.09. The zero-order chi connectivity index (χ0) is 9.84. The highest BCUT2D eigenvalue weighted by atomic mass is 32.1. The molecule has 0 spiro atoms. The number of esters is 1. The largest absolute Gasteiger partial charge is 0.467 e. The summed E-state index contributed by atoms with van der Waals surface area (Å²) in [5.41, 5.74) is 0. The summed E-state index contributed by atoms with van der Waals surface area (Å²) in [4.78, 5) is 12.3. The minimum atomic E-state index is -0.289. The molecule has 0 bridgehead atoms. The van der Waals surface area contributed by atoms with Crippen LogP contribution in [0.25, 0.3) is 0 Å². The van der Waals surface area contributed by atoms with Crippen molar-refractivity contribution in [1.82, 2.24) is 0 Å². The molecule has 1 atom stereocenters. The molecule has 1 aromatic rings. The number of nitrogens with one attached hydrogen (secondary N) is 1. The average Bonchev–Trinajstić information content (AvgIpc) is 2.49. The molecule has 0 aromatic carbocycles.